The molecule has 2 rings (SSSR count). The summed E-state index contributed by atoms with van der Waals surface area (Å²) in [5.74, 6) is -0.0740. The number of carbonyl (C=O) groups excluding carboxylic acids is 1. The van der Waals surface area contributed by atoms with Crippen LogP contribution in [0.2, 0.25) is 0 Å². The number of amides is 1. The van der Waals surface area contributed by atoms with Crippen LogP contribution in [0.25, 0.3) is 0 Å². The lowest BCUT2D eigenvalue weighted by Gasteiger charge is -2.17. The molecule has 0 aliphatic heterocycles. The van der Waals surface area contributed by atoms with E-state index in [1.807, 2.05) is 20.2 Å². The van der Waals surface area contributed by atoms with Crippen molar-refractivity contribution >= 4 is 21.8 Å². The fourth-order valence-corrected chi connectivity index (χ4v) is 2.48. The first-order valence-electron chi connectivity index (χ1n) is 5.82. The van der Waals surface area contributed by atoms with E-state index in [0.717, 1.165) is 11.3 Å². The fraction of sp³-hybridized carbons (Fsp3) is 0.417. The molecule has 2 aromatic heterocycles. The molecule has 0 unspecified atom stereocenters. The molecule has 0 aliphatic carbocycles. The van der Waals surface area contributed by atoms with Crippen LogP contribution in [-0.2, 0) is 20.6 Å². The van der Waals surface area contributed by atoms with Gasteiger partial charge in [-0.1, -0.05) is 0 Å². The van der Waals surface area contributed by atoms with Crippen LogP contribution < -0.4 is 0 Å². The van der Waals surface area contributed by atoms with E-state index >= 15 is 0 Å². The van der Waals surface area contributed by atoms with Crippen molar-refractivity contribution in [2.45, 2.75) is 13.5 Å². The minimum atomic E-state index is -0.0740. The first-order chi connectivity index (χ1) is 8.90. The van der Waals surface area contributed by atoms with E-state index < -0.39 is 0 Å². The van der Waals surface area contributed by atoms with Crippen molar-refractivity contribution in [3.05, 3.63) is 33.8 Å². The van der Waals surface area contributed by atoms with Gasteiger partial charge in [0, 0.05) is 39.4 Å². The fourth-order valence-electron chi connectivity index (χ4n) is 1.96. The summed E-state index contributed by atoms with van der Waals surface area (Å²) in [6, 6.07) is 0. The van der Waals surface area contributed by atoms with Crippen molar-refractivity contribution in [3.63, 3.8) is 0 Å². The van der Waals surface area contributed by atoms with E-state index in [2.05, 4.69) is 26.1 Å². The van der Waals surface area contributed by atoms with Crippen molar-refractivity contribution in [1.29, 1.82) is 0 Å². The maximum absolute atomic E-state index is 12.4. The van der Waals surface area contributed by atoms with Crippen LogP contribution in [0, 0.1) is 6.92 Å². The normalized spacial score (nSPS) is 10.8. The van der Waals surface area contributed by atoms with Crippen molar-refractivity contribution in [1.82, 2.24) is 24.5 Å². The second-order valence-electron chi connectivity index (χ2n) is 4.54. The summed E-state index contributed by atoms with van der Waals surface area (Å²) in [5.41, 5.74) is 2.52. The van der Waals surface area contributed by atoms with Crippen LogP contribution in [0.1, 0.15) is 21.7 Å². The second-order valence-corrected chi connectivity index (χ2v) is 5.39. The molecule has 1 amide bonds. The van der Waals surface area contributed by atoms with Gasteiger partial charge < -0.3 is 4.90 Å². The number of hydrogen-bond donors (Lipinski definition) is 0. The van der Waals surface area contributed by atoms with Crippen LogP contribution in [-0.4, -0.2) is 37.4 Å². The largest absolute Gasteiger partial charge is 0.336 e. The zero-order valence-electron chi connectivity index (χ0n) is 11.4. The minimum Gasteiger partial charge on any atom is -0.336 e. The Morgan fingerprint density at radius 3 is 2.63 bits per heavy atom. The molecule has 0 saturated heterocycles. The Hall–Kier alpha value is -1.63. The first-order valence-corrected chi connectivity index (χ1v) is 6.61. The molecular weight excluding hydrogens is 310 g/mol. The summed E-state index contributed by atoms with van der Waals surface area (Å²) in [7, 11) is 5.39. The zero-order chi connectivity index (χ0) is 14.2. The van der Waals surface area contributed by atoms with E-state index in [1.54, 1.807) is 34.6 Å². The smallest absolute Gasteiger partial charge is 0.273 e. The van der Waals surface area contributed by atoms with Crippen LogP contribution >= 0.6 is 15.9 Å². The van der Waals surface area contributed by atoms with Gasteiger partial charge in [-0.2, -0.15) is 10.2 Å². The Morgan fingerprint density at radius 2 is 2.16 bits per heavy atom. The maximum Gasteiger partial charge on any atom is 0.273 e. The Bertz CT molecular complexity index is 596. The molecule has 0 atom stereocenters. The third-order valence-corrected chi connectivity index (χ3v) is 3.55. The molecule has 0 aliphatic rings. The van der Waals surface area contributed by atoms with Crippen LogP contribution in [0.3, 0.4) is 0 Å². The van der Waals surface area contributed by atoms with Gasteiger partial charge in [-0.25, -0.2) is 0 Å². The summed E-state index contributed by atoms with van der Waals surface area (Å²) >= 11 is 3.34. The van der Waals surface area contributed by atoms with E-state index in [1.165, 1.54) is 0 Å². The molecule has 0 radical (unpaired) electrons. The average molecular weight is 326 g/mol. The van der Waals surface area contributed by atoms with Gasteiger partial charge in [0.1, 0.15) is 5.69 Å². The second kappa shape index (κ2) is 5.16. The maximum atomic E-state index is 12.4. The van der Waals surface area contributed by atoms with Crippen molar-refractivity contribution in [2.24, 2.45) is 14.1 Å². The lowest BCUT2D eigenvalue weighted by molar-refractivity contribution is 0.0773. The van der Waals surface area contributed by atoms with Gasteiger partial charge in [0.15, 0.2) is 0 Å². The van der Waals surface area contributed by atoms with Crippen LogP contribution in [0.4, 0.5) is 0 Å². The third kappa shape index (κ3) is 2.70. The molecule has 19 heavy (non-hydrogen) atoms. The Morgan fingerprint density at radius 1 is 1.47 bits per heavy atom. The molecule has 0 fully saturated rings. The Labute approximate surface area is 120 Å². The SMILES string of the molecule is Cc1nn(C)cc1CN(C)C(=O)c1c(Br)cnn1C. The van der Waals surface area contributed by atoms with Crippen LogP contribution in [0.5, 0.6) is 0 Å². The van der Waals surface area contributed by atoms with E-state index in [9.17, 15) is 4.79 Å². The molecule has 2 aromatic rings. The highest BCUT2D eigenvalue weighted by Crippen LogP contribution is 2.18. The van der Waals surface area contributed by atoms with Crippen LogP contribution in [0.15, 0.2) is 16.9 Å². The summed E-state index contributed by atoms with van der Waals surface area (Å²) in [4.78, 5) is 14.0. The lowest BCUT2D eigenvalue weighted by Crippen LogP contribution is -2.28. The summed E-state index contributed by atoms with van der Waals surface area (Å²) in [6.07, 6.45) is 3.55. The molecule has 2 heterocycles. The topological polar surface area (TPSA) is 56.0 Å². The average Bonchev–Trinajstić information content (AvgIpc) is 2.82. The predicted octanol–water partition coefficient (Wildman–Crippen LogP) is 1.50. The monoisotopic (exact) mass is 325 g/mol. The van der Waals surface area contributed by atoms with Crippen molar-refractivity contribution in [2.75, 3.05) is 7.05 Å². The first kappa shape index (κ1) is 13.8. The highest BCUT2D eigenvalue weighted by atomic mass is 79.9. The molecule has 0 spiro atoms. The number of halogens is 1. The molecule has 7 heteroatoms. The van der Waals surface area contributed by atoms with Crippen molar-refractivity contribution < 1.29 is 4.79 Å². The van der Waals surface area contributed by atoms with Gasteiger partial charge in [0.25, 0.3) is 5.91 Å². The molecule has 6 nitrogen and oxygen atoms in total. The van der Waals surface area contributed by atoms with E-state index in [4.69, 9.17) is 0 Å². The molecule has 102 valence electrons. The highest BCUT2D eigenvalue weighted by molar-refractivity contribution is 9.10. The molecule has 0 aromatic carbocycles. The van der Waals surface area contributed by atoms with Gasteiger partial charge >= 0.3 is 0 Å². The highest BCUT2D eigenvalue weighted by Gasteiger charge is 2.20. The Kier molecular flexibility index (Phi) is 3.75. The predicted molar refractivity (Wildman–Crippen MR) is 74.7 cm³/mol. The van der Waals surface area contributed by atoms with Gasteiger partial charge in [0.05, 0.1) is 16.4 Å². The zero-order valence-corrected chi connectivity index (χ0v) is 13.0. The van der Waals surface area contributed by atoms with E-state index in [-0.39, 0.29) is 5.91 Å². The number of carbonyl (C=O) groups is 1. The number of nitrogens with zero attached hydrogens (tertiary/aromatic N) is 5. The third-order valence-electron chi connectivity index (χ3n) is 2.97. The number of rotatable bonds is 3. The van der Waals surface area contributed by atoms with Gasteiger partial charge in [0.2, 0.25) is 0 Å². The summed E-state index contributed by atoms with van der Waals surface area (Å²) in [5, 5.41) is 8.33. The molecule has 0 bridgehead atoms. The number of aryl methyl sites for hydroxylation is 3. The Balaban J connectivity index is 2.19. The summed E-state index contributed by atoms with van der Waals surface area (Å²) in [6.45, 7) is 2.46. The molecular formula is C12H16BrN5O. The van der Waals surface area contributed by atoms with Crippen molar-refractivity contribution in [3.8, 4) is 0 Å². The minimum absolute atomic E-state index is 0.0740. The summed E-state index contributed by atoms with van der Waals surface area (Å²) < 4.78 is 4.02. The van der Waals surface area contributed by atoms with Gasteiger partial charge in [-0.05, 0) is 22.9 Å². The molecule has 0 N–H and O–H groups in total. The molecule has 0 saturated carbocycles. The standard InChI is InChI=1S/C12H16BrN5O/c1-8-9(7-17(3)15-8)6-16(2)12(19)11-10(13)5-14-18(11)4/h5,7H,6H2,1-4H3. The van der Waals surface area contributed by atoms with Gasteiger partial charge in [-0.3, -0.25) is 14.2 Å². The quantitative estimate of drug-likeness (QED) is 0.859. The van der Waals surface area contributed by atoms with E-state index in [0.29, 0.717) is 16.7 Å². The number of aromatic nitrogens is 4. The lowest BCUT2D eigenvalue weighted by atomic mass is 10.2. The van der Waals surface area contributed by atoms with Gasteiger partial charge in [-0.15, -0.1) is 0 Å². The number of hydrogen-bond acceptors (Lipinski definition) is 3.